The zero-order chi connectivity index (χ0) is 18.8. The molecular weight excluding hydrogens is 458 g/mol. The topological polar surface area (TPSA) is 56.7 Å². The van der Waals surface area contributed by atoms with E-state index in [1.165, 1.54) is 44.2 Å². The highest BCUT2D eigenvalue weighted by atomic mass is 127. The molecule has 2 rings (SSSR count). The number of hydrogen-bond acceptors (Lipinski definition) is 2. The van der Waals surface area contributed by atoms with Crippen LogP contribution >= 0.6 is 24.0 Å². The number of amides is 1. The van der Waals surface area contributed by atoms with E-state index in [-0.39, 0.29) is 42.2 Å². The molecule has 1 aliphatic carbocycles. The van der Waals surface area contributed by atoms with Gasteiger partial charge in [0.15, 0.2) is 5.96 Å². The average molecular weight is 490 g/mol. The number of rotatable bonds is 7. The fourth-order valence-electron chi connectivity index (χ4n) is 3.07. The number of nitrogens with one attached hydrogen (secondary N) is 2. The molecule has 1 amide bonds. The molecule has 0 heterocycles. The Hall–Kier alpha value is -1.38. The normalized spacial score (nSPS) is 15.0. The minimum Gasteiger partial charge on any atom is -0.356 e. The lowest BCUT2D eigenvalue weighted by Gasteiger charge is -2.23. The van der Waals surface area contributed by atoms with E-state index < -0.39 is 0 Å². The monoisotopic (exact) mass is 490 g/mol. The van der Waals surface area contributed by atoms with Gasteiger partial charge in [-0.1, -0.05) is 31.4 Å². The Morgan fingerprint density at radius 2 is 1.81 bits per heavy atom. The van der Waals surface area contributed by atoms with Crippen molar-refractivity contribution in [2.45, 2.75) is 38.5 Å². The summed E-state index contributed by atoms with van der Waals surface area (Å²) in [5, 5.41) is 6.68. The van der Waals surface area contributed by atoms with Crippen LogP contribution in [0.15, 0.2) is 29.3 Å². The lowest BCUT2D eigenvalue weighted by Crippen LogP contribution is -2.41. The molecule has 0 aromatic heterocycles. The van der Waals surface area contributed by atoms with Crippen LogP contribution < -0.4 is 10.6 Å². The lowest BCUT2D eigenvalue weighted by molar-refractivity contribution is -0.127. The van der Waals surface area contributed by atoms with Crippen LogP contribution in [0.4, 0.5) is 4.39 Å². The van der Waals surface area contributed by atoms with E-state index in [0.717, 1.165) is 18.5 Å². The number of carbonyl (C=O) groups excluding carboxylic acids is 1. The van der Waals surface area contributed by atoms with Crippen molar-refractivity contribution in [3.8, 4) is 0 Å². The highest BCUT2D eigenvalue weighted by molar-refractivity contribution is 14.0. The fraction of sp³-hybridized carbons (Fsp3) is 0.600. The summed E-state index contributed by atoms with van der Waals surface area (Å²) < 4.78 is 13.0. The van der Waals surface area contributed by atoms with Crippen LogP contribution in [0, 0.1) is 11.7 Å². The Balaban J connectivity index is 0.00000364. The highest BCUT2D eigenvalue weighted by Crippen LogP contribution is 2.22. The van der Waals surface area contributed by atoms with E-state index in [1.807, 2.05) is 0 Å². The molecule has 2 N–H and O–H groups in total. The summed E-state index contributed by atoms with van der Waals surface area (Å²) in [6.07, 6.45) is 7.22. The van der Waals surface area contributed by atoms with Crippen molar-refractivity contribution in [1.82, 2.24) is 15.5 Å². The predicted octanol–water partition coefficient (Wildman–Crippen LogP) is 3.19. The van der Waals surface area contributed by atoms with E-state index in [2.05, 4.69) is 15.6 Å². The van der Waals surface area contributed by atoms with Gasteiger partial charge in [-0.25, -0.2) is 9.38 Å². The molecule has 1 fully saturated rings. The van der Waals surface area contributed by atoms with Crippen molar-refractivity contribution >= 4 is 35.8 Å². The van der Waals surface area contributed by atoms with Crippen molar-refractivity contribution in [3.63, 3.8) is 0 Å². The number of nitrogens with zero attached hydrogens (tertiary/aromatic N) is 2. The van der Waals surface area contributed by atoms with Crippen LogP contribution in [0.2, 0.25) is 0 Å². The van der Waals surface area contributed by atoms with Crippen molar-refractivity contribution in [3.05, 3.63) is 35.6 Å². The van der Waals surface area contributed by atoms with E-state index in [4.69, 9.17) is 0 Å². The zero-order valence-electron chi connectivity index (χ0n) is 16.3. The Morgan fingerprint density at radius 1 is 1.15 bits per heavy atom. The van der Waals surface area contributed by atoms with Gasteiger partial charge in [0.1, 0.15) is 12.4 Å². The lowest BCUT2D eigenvalue weighted by atomic mass is 9.89. The van der Waals surface area contributed by atoms with Gasteiger partial charge in [-0.15, -0.1) is 24.0 Å². The first-order chi connectivity index (χ1) is 12.5. The largest absolute Gasteiger partial charge is 0.356 e. The van der Waals surface area contributed by atoms with Gasteiger partial charge in [-0.3, -0.25) is 4.79 Å². The molecule has 0 unspecified atom stereocenters. The van der Waals surface area contributed by atoms with Crippen LogP contribution in [0.25, 0.3) is 0 Å². The molecule has 0 aliphatic heterocycles. The maximum absolute atomic E-state index is 13.0. The molecule has 152 valence electrons. The zero-order valence-corrected chi connectivity index (χ0v) is 18.7. The van der Waals surface area contributed by atoms with Crippen molar-refractivity contribution in [2.24, 2.45) is 10.9 Å². The maximum Gasteiger partial charge on any atom is 0.243 e. The molecule has 0 atom stereocenters. The number of hydrogen-bond donors (Lipinski definition) is 2. The Bertz CT molecular complexity index is 586. The van der Waals surface area contributed by atoms with Gasteiger partial charge in [0, 0.05) is 27.2 Å². The van der Waals surface area contributed by atoms with Crippen LogP contribution in [0.1, 0.15) is 37.7 Å². The van der Waals surface area contributed by atoms with E-state index >= 15 is 0 Å². The average Bonchev–Trinajstić information content (AvgIpc) is 2.65. The fourth-order valence-corrected chi connectivity index (χ4v) is 3.07. The second-order valence-corrected chi connectivity index (χ2v) is 7.14. The molecule has 0 spiro atoms. The summed E-state index contributed by atoms with van der Waals surface area (Å²) in [5.74, 6) is 1.10. The van der Waals surface area contributed by atoms with Gasteiger partial charge in [-0.05, 0) is 42.9 Å². The molecular formula is C20H32FIN4O. The molecule has 1 aliphatic rings. The predicted molar refractivity (Wildman–Crippen MR) is 119 cm³/mol. The van der Waals surface area contributed by atoms with Gasteiger partial charge in [0.05, 0.1) is 0 Å². The molecule has 1 aromatic rings. The minimum absolute atomic E-state index is 0. The van der Waals surface area contributed by atoms with Gasteiger partial charge in [0.25, 0.3) is 0 Å². The third kappa shape index (κ3) is 9.39. The molecule has 0 bridgehead atoms. The first-order valence-corrected chi connectivity index (χ1v) is 9.51. The summed E-state index contributed by atoms with van der Waals surface area (Å²) in [6.45, 7) is 1.69. The van der Waals surface area contributed by atoms with Crippen LogP contribution in [-0.2, 0) is 11.2 Å². The number of halogens is 2. The van der Waals surface area contributed by atoms with E-state index in [9.17, 15) is 9.18 Å². The quantitative estimate of drug-likeness (QED) is 0.351. The molecule has 1 aromatic carbocycles. The number of carbonyl (C=O) groups is 1. The number of aliphatic imine (C=N–C) groups is 1. The van der Waals surface area contributed by atoms with Crippen molar-refractivity contribution < 1.29 is 9.18 Å². The Labute approximate surface area is 179 Å². The SMILES string of the molecule is CN(C)C(=O)CN=C(NCCc1ccc(F)cc1)NCC1CCCCC1.I. The Morgan fingerprint density at radius 3 is 2.44 bits per heavy atom. The summed E-state index contributed by atoms with van der Waals surface area (Å²) in [7, 11) is 3.46. The third-order valence-corrected chi connectivity index (χ3v) is 4.77. The summed E-state index contributed by atoms with van der Waals surface area (Å²) in [4.78, 5) is 17.8. The first kappa shape index (κ1) is 23.7. The van der Waals surface area contributed by atoms with Crippen molar-refractivity contribution in [2.75, 3.05) is 33.7 Å². The second kappa shape index (κ2) is 12.9. The standard InChI is InChI=1S/C20H31FN4O.HI/c1-25(2)19(26)15-24-20(23-14-17-6-4-3-5-7-17)22-13-12-16-8-10-18(21)11-9-16;/h8-11,17H,3-7,12-15H2,1-2H3,(H2,22,23,24);1H. The van der Waals surface area contributed by atoms with Gasteiger partial charge >= 0.3 is 0 Å². The Kier molecular flexibility index (Phi) is 11.3. The summed E-state index contributed by atoms with van der Waals surface area (Å²) >= 11 is 0. The van der Waals surface area contributed by atoms with Crippen LogP contribution in [0.3, 0.4) is 0 Å². The molecule has 27 heavy (non-hydrogen) atoms. The number of likely N-dealkylation sites (N-methyl/N-ethyl adjacent to an activating group) is 1. The summed E-state index contributed by atoms with van der Waals surface area (Å²) in [5.41, 5.74) is 1.06. The third-order valence-electron chi connectivity index (χ3n) is 4.77. The van der Waals surface area contributed by atoms with Crippen LogP contribution in [-0.4, -0.2) is 50.5 Å². The van der Waals surface area contributed by atoms with Gasteiger partial charge < -0.3 is 15.5 Å². The first-order valence-electron chi connectivity index (χ1n) is 9.51. The molecule has 5 nitrogen and oxygen atoms in total. The van der Waals surface area contributed by atoms with Crippen molar-refractivity contribution in [1.29, 1.82) is 0 Å². The molecule has 1 saturated carbocycles. The smallest absolute Gasteiger partial charge is 0.243 e. The van der Waals surface area contributed by atoms with Crippen LogP contribution in [0.5, 0.6) is 0 Å². The highest BCUT2D eigenvalue weighted by Gasteiger charge is 2.14. The van der Waals surface area contributed by atoms with Gasteiger partial charge in [0.2, 0.25) is 5.91 Å². The maximum atomic E-state index is 13.0. The second-order valence-electron chi connectivity index (χ2n) is 7.14. The number of guanidine groups is 1. The molecule has 7 heteroatoms. The summed E-state index contributed by atoms with van der Waals surface area (Å²) in [6, 6.07) is 6.53. The minimum atomic E-state index is -0.222. The number of benzene rings is 1. The van der Waals surface area contributed by atoms with E-state index in [1.54, 1.807) is 31.1 Å². The van der Waals surface area contributed by atoms with E-state index in [0.29, 0.717) is 18.4 Å². The molecule has 0 saturated heterocycles. The van der Waals surface area contributed by atoms with Gasteiger partial charge in [-0.2, -0.15) is 0 Å². The molecule has 0 radical (unpaired) electrons.